The van der Waals surface area contributed by atoms with Crippen molar-refractivity contribution in [3.05, 3.63) is 23.8 Å². The summed E-state index contributed by atoms with van der Waals surface area (Å²) in [4.78, 5) is 20.4. The van der Waals surface area contributed by atoms with Gasteiger partial charge >= 0.3 is 0 Å². The number of amides is 1. The molecule has 1 saturated carbocycles. The van der Waals surface area contributed by atoms with Crippen molar-refractivity contribution >= 4 is 5.91 Å². The Morgan fingerprint density at radius 3 is 3.11 bits per heavy atom. The van der Waals surface area contributed by atoms with Crippen molar-refractivity contribution in [2.24, 2.45) is 17.6 Å². The summed E-state index contributed by atoms with van der Waals surface area (Å²) in [6, 6.07) is 1.82. The number of nitrogens with one attached hydrogen (secondary N) is 1. The normalized spacial score (nSPS) is 23.0. The molecule has 5 heteroatoms. The summed E-state index contributed by atoms with van der Waals surface area (Å²) in [7, 11) is 0. The maximum absolute atomic E-state index is 12.1. The first-order chi connectivity index (χ1) is 8.70. The Hall–Kier alpha value is -1.49. The van der Waals surface area contributed by atoms with Gasteiger partial charge in [-0.2, -0.15) is 0 Å². The van der Waals surface area contributed by atoms with Gasteiger partial charge in [0.25, 0.3) is 0 Å². The van der Waals surface area contributed by atoms with Gasteiger partial charge < -0.3 is 11.1 Å². The van der Waals surface area contributed by atoms with E-state index in [1.807, 2.05) is 13.0 Å². The van der Waals surface area contributed by atoms with E-state index < -0.39 is 0 Å². The lowest BCUT2D eigenvalue weighted by Crippen LogP contribution is -2.34. The van der Waals surface area contributed by atoms with Crippen molar-refractivity contribution in [2.75, 3.05) is 6.54 Å². The van der Waals surface area contributed by atoms with Gasteiger partial charge in [0, 0.05) is 12.1 Å². The van der Waals surface area contributed by atoms with Crippen molar-refractivity contribution in [3.8, 4) is 0 Å². The zero-order valence-corrected chi connectivity index (χ0v) is 10.7. The molecular weight excluding hydrogens is 228 g/mol. The zero-order chi connectivity index (χ0) is 13.0. The van der Waals surface area contributed by atoms with Gasteiger partial charge in [0.2, 0.25) is 5.91 Å². The fourth-order valence-corrected chi connectivity index (χ4v) is 2.58. The first-order valence-corrected chi connectivity index (χ1v) is 6.47. The molecule has 1 aliphatic rings. The lowest BCUT2D eigenvalue weighted by molar-refractivity contribution is -0.126. The third-order valence-electron chi connectivity index (χ3n) is 3.58. The number of nitrogens with two attached hydrogens (primary N) is 1. The van der Waals surface area contributed by atoms with Crippen LogP contribution >= 0.6 is 0 Å². The first kappa shape index (κ1) is 13.0. The molecule has 3 N–H and O–H groups in total. The monoisotopic (exact) mass is 248 g/mol. The Labute approximate surface area is 107 Å². The molecule has 0 aliphatic heterocycles. The average molecular weight is 248 g/mol. The molecule has 18 heavy (non-hydrogen) atoms. The van der Waals surface area contributed by atoms with Crippen LogP contribution in [0.1, 0.15) is 30.8 Å². The number of carbonyl (C=O) groups is 1. The van der Waals surface area contributed by atoms with Crippen LogP contribution in [0.5, 0.6) is 0 Å². The zero-order valence-electron chi connectivity index (χ0n) is 10.7. The van der Waals surface area contributed by atoms with Crippen LogP contribution in [0.3, 0.4) is 0 Å². The van der Waals surface area contributed by atoms with Crippen LogP contribution in [-0.4, -0.2) is 22.4 Å². The standard InChI is InChI=1S/C13H20N4O/c1-9-15-6-5-11(17-9)8-16-13(18)12-4-2-3-10(12)7-14/h5-6,10,12H,2-4,7-8,14H2,1H3,(H,16,18). The number of aromatic nitrogens is 2. The molecular formula is C13H20N4O. The number of aryl methyl sites for hydroxylation is 1. The highest BCUT2D eigenvalue weighted by Gasteiger charge is 2.31. The Morgan fingerprint density at radius 1 is 1.56 bits per heavy atom. The number of rotatable bonds is 4. The molecule has 0 bridgehead atoms. The lowest BCUT2D eigenvalue weighted by Gasteiger charge is -2.17. The van der Waals surface area contributed by atoms with Gasteiger partial charge in [-0.1, -0.05) is 6.42 Å². The highest BCUT2D eigenvalue weighted by atomic mass is 16.1. The molecule has 1 aromatic rings. The molecule has 1 aromatic heterocycles. The summed E-state index contributed by atoms with van der Waals surface area (Å²) in [5.41, 5.74) is 6.53. The minimum atomic E-state index is 0.0814. The lowest BCUT2D eigenvalue weighted by atomic mass is 9.95. The van der Waals surface area contributed by atoms with Crippen LogP contribution in [0, 0.1) is 18.8 Å². The van der Waals surface area contributed by atoms with Gasteiger partial charge in [-0.25, -0.2) is 9.97 Å². The van der Waals surface area contributed by atoms with Crippen molar-refractivity contribution in [2.45, 2.75) is 32.7 Å². The summed E-state index contributed by atoms with van der Waals surface area (Å²) >= 11 is 0. The highest BCUT2D eigenvalue weighted by molar-refractivity contribution is 5.79. The fraction of sp³-hybridized carbons (Fsp3) is 0.615. The largest absolute Gasteiger partial charge is 0.350 e. The Morgan fingerprint density at radius 2 is 2.39 bits per heavy atom. The van der Waals surface area contributed by atoms with E-state index in [0.29, 0.717) is 19.0 Å². The maximum atomic E-state index is 12.1. The molecule has 2 unspecified atom stereocenters. The summed E-state index contributed by atoms with van der Waals surface area (Å²) in [5, 5.41) is 2.95. The van der Waals surface area contributed by atoms with E-state index in [1.165, 1.54) is 0 Å². The quantitative estimate of drug-likeness (QED) is 0.825. The summed E-state index contributed by atoms with van der Waals surface area (Å²) in [6.07, 6.45) is 4.84. The van der Waals surface area contributed by atoms with Gasteiger partial charge in [-0.3, -0.25) is 4.79 Å². The molecule has 1 fully saturated rings. The minimum Gasteiger partial charge on any atom is -0.350 e. The van der Waals surface area contributed by atoms with Crippen molar-refractivity contribution in [3.63, 3.8) is 0 Å². The van der Waals surface area contributed by atoms with Gasteiger partial charge in [-0.05, 0) is 38.3 Å². The van der Waals surface area contributed by atoms with Crippen LogP contribution in [0.15, 0.2) is 12.3 Å². The highest BCUT2D eigenvalue weighted by Crippen LogP contribution is 2.30. The van der Waals surface area contributed by atoms with Gasteiger partial charge in [0.1, 0.15) is 5.82 Å². The SMILES string of the molecule is Cc1nccc(CNC(=O)C2CCCC2CN)n1. The maximum Gasteiger partial charge on any atom is 0.223 e. The van der Waals surface area contributed by atoms with Crippen LogP contribution in [-0.2, 0) is 11.3 Å². The van der Waals surface area contributed by atoms with E-state index >= 15 is 0 Å². The molecule has 1 aliphatic carbocycles. The average Bonchev–Trinajstić information content (AvgIpc) is 2.84. The topological polar surface area (TPSA) is 80.9 Å². The Kier molecular flexibility index (Phi) is 4.25. The molecule has 98 valence electrons. The predicted molar refractivity (Wildman–Crippen MR) is 68.5 cm³/mol. The van der Waals surface area contributed by atoms with E-state index in [0.717, 1.165) is 30.8 Å². The fourth-order valence-electron chi connectivity index (χ4n) is 2.58. The second-order valence-electron chi connectivity index (χ2n) is 4.85. The second-order valence-corrected chi connectivity index (χ2v) is 4.85. The van der Waals surface area contributed by atoms with Crippen LogP contribution in [0.2, 0.25) is 0 Å². The van der Waals surface area contributed by atoms with Gasteiger partial charge in [0.05, 0.1) is 12.2 Å². The molecule has 1 amide bonds. The van der Waals surface area contributed by atoms with Crippen molar-refractivity contribution in [1.82, 2.24) is 15.3 Å². The number of hydrogen-bond donors (Lipinski definition) is 2. The first-order valence-electron chi connectivity index (χ1n) is 6.47. The summed E-state index contributed by atoms with van der Waals surface area (Å²) in [6.45, 7) is 2.91. The van der Waals surface area contributed by atoms with Crippen LogP contribution in [0.4, 0.5) is 0 Å². The predicted octanol–water partition coefficient (Wildman–Crippen LogP) is 0.776. The molecule has 0 aromatic carbocycles. The molecule has 0 saturated heterocycles. The number of nitrogens with zero attached hydrogens (tertiary/aromatic N) is 2. The van der Waals surface area contributed by atoms with E-state index in [4.69, 9.17) is 5.73 Å². The van der Waals surface area contributed by atoms with Crippen LogP contribution < -0.4 is 11.1 Å². The smallest absolute Gasteiger partial charge is 0.223 e. The third-order valence-corrected chi connectivity index (χ3v) is 3.58. The number of carbonyl (C=O) groups excluding carboxylic acids is 1. The third kappa shape index (κ3) is 3.04. The summed E-state index contributed by atoms with van der Waals surface area (Å²) < 4.78 is 0. The van der Waals surface area contributed by atoms with E-state index in [9.17, 15) is 4.79 Å². The van der Waals surface area contributed by atoms with Crippen molar-refractivity contribution < 1.29 is 4.79 Å². The molecule has 5 nitrogen and oxygen atoms in total. The van der Waals surface area contributed by atoms with Gasteiger partial charge in [0.15, 0.2) is 0 Å². The van der Waals surface area contributed by atoms with Crippen LogP contribution in [0.25, 0.3) is 0 Å². The molecule has 0 spiro atoms. The second kappa shape index (κ2) is 5.91. The Bertz CT molecular complexity index is 421. The van der Waals surface area contributed by atoms with E-state index in [1.54, 1.807) is 6.20 Å². The number of hydrogen-bond acceptors (Lipinski definition) is 4. The minimum absolute atomic E-state index is 0.0814. The molecule has 0 radical (unpaired) electrons. The van der Waals surface area contributed by atoms with Crippen molar-refractivity contribution in [1.29, 1.82) is 0 Å². The molecule has 2 rings (SSSR count). The molecule has 2 atom stereocenters. The summed E-state index contributed by atoms with van der Waals surface area (Å²) in [5.74, 6) is 1.26. The Balaban J connectivity index is 1.88. The van der Waals surface area contributed by atoms with E-state index in [-0.39, 0.29) is 11.8 Å². The van der Waals surface area contributed by atoms with Gasteiger partial charge in [-0.15, -0.1) is 0 Å². The van der Waals surface area contributed by atoms with E-state index in [2.05, 4.69) is 15.3 Å². The molecule has 1 heterocycles.